The van der Waals surface area contributed by atoms with Crippen LogP contribution in [0.2, 0.25) is 0 Å². The summed E-state index contributed by atoms with van der Waals surface area (Å²) >= 11 is 1.46. The van der Waals surface area contributed by atoms with Gasteiger partial charge in [-0.15, -0.1) is 0 Å². The standard InChI is InChI=1S/C17H20N4O3S/c1-24-13-4-2-3-11(9-13)14(20-7-5-12(22)6-8-20)15-16(23)21-17(25-15)18-10-19-21/h2-4,9-10,12,14,22-23H,5-8H2,1H3/p+1/t14-/m0/s1. The van der Waals surface area contributed by atoms with Crippen LogP contribution in [0.3, 0.4) is 0 Å². The van der Waals surface area contributed by atoms with E-state index in [0.29, 0.717) is 4.96 Å². The lowest BCUT2D eigenvalue weighted by atomic mass is 9.99. The van der Waals surface area contributed by atoms with Crippen LogP contribution in [0, 0.1) is 0 Å². The van der Waals surface area contributed by atoms with Crippen LogP contribution in [0.5, 0.6) is 11.6 Å². The van der Waals surface area contributed by atoms with Gasteiger partial charge >= 0.3 is 0 Å². The molecule has 3 N–H and O–H groups in total. The van der Waals surface area contributed by atoms with Crippen molar-refractivity contribution >= 4 is 16.3 Å². The topological polar surface area (TPSA) is 84.3 Å². The van der Waals surface area contributed by atoms with Crippen LogP contribution in [-0.4, -0.2) is 51.1 Å². The minimum Gasteiger partial charge on any atom is -0.497 e. The van der Waals surface area contributed by atoms with Crippen molar-refractivity contribution in [2.24, 2.45) is 0 Å². The molecule has 0 amide bonds. The summed E-state index contributed by atoms with van der Waals surface area (Å²) in [5.41, 5.74) is 1.07. The van der Waals surface area contributed by atoms with Gasteiger partial charge in [-0.1, -0.05) is 23.5 Å². The Morgan fingerprint density at radius 3 is 2.88 bits per heavy atom. The zero-order chi connectivity index (χ0) is 17.4. The largest absolute Gasteiger partial charge is 0.497 e. The number of methoxy groups -OCH3 is 1. The summed E-state index contributed by atoms with van der Waals surface area (Å²) in [5.74, 6) is 0.932. The summed E-state index contributed by atoms with van der Waals surface area (Å²) in [6, 6.07) is 7.90. The Bertz CT molecular complexity index is 870. The molecule has 1 atom stereocenters. The van der Waals surface area contributed by atoms with Crippen molar-refractivity contribution in [3.8, 4) is 11.6 Å². The molecule has 1 aliphatic heterocycles. The second kappa shape index (κ2) is 6.62. The Morgan fingerprint density at radius 2 is 2.16 bits per heavy atom. The van der Waals surface area contributed by atoms with Gasteiger partial charge in [-0.3, -0.25) is 0 Å². The quantitative estimate of drug-likeness (QED) is 0.635. The van der Waals surface area contributed by atoms with Crippen LogP contribution in [0.15, 0.2) is 30.6 Å². The highest BCUT2D eigenvalue weighted by Crippen LogP contribution is 2.35. The van der Waals surface area contributed by atoms with Crippen LogP contribution in [0.1, 0.15) is 29.3 Å². The van der Waals surface area contributed by atoms with Crippen molar-refractivity contribution in [2.75, 3.05) is 20.2 Å². The zero-order valence-electron chi connectivity index (χ0n) is 13.9. The summed E-state index contributed by atoms with van der Waals surface area (Å²) in [7, 11) is 1.65. The Kier molecular flexibility index (Phi) is 4.32. The Labute approximate surface area is 149 Å². The van der Waals surface area contributed by atoms with Crippen molar-refractivity contribution in [3.63, 3.8) is 0 Å². The number of benzene rings is 1. The molecule has 8 heteroatoms. The van der Waals surface area contributed by atoms with Crippen molar-refractivity contribution in [1.29, 1.82) is 0 Å². The molecule has 2 aromatic heterocycles. The Balaban J connectivity index is 1.80. The lowest BCUT2D eigenvalue weighted by molar-refractivity contribution is -0.931. The van der Waals surface area contributed by atoms with Gasteiger partial charge in [-0.2, -0.15) is 9.61 Å². The number of piperidine rings is 1. The van der Waals surface area contributed by atoms with Crippen LogP contribution < -0.4 is 9.64 Å². The number of rotatable bonds is 4. The van der Waals surface area contributed by atoms with Gasteiger partial charge in [-0.25, -0.2) is 4.98 Å². The first-order chi connectivity index (χ1) is 12.2. The summed E-state index contributed by atoms with van der Waals surface area (Å²) in [5, 5.41) is 24.7. The lowest BCUT2D eigenvalue weighted by Crippen LogP contribution is -3.13. The third-order valence-corrected chi connectivity index (χ3v) is 5.93. The van der Waals surface area contributed by atoms with E-state index < -0.39 is 0 Å². The summed E-state index contributed by atoms with van der Waals surface area (Å²) in [6.45, 7) is 1.69. The molecule has 1 aliphatic rings. The van der Waals surface area contributed by atoms with E-state index in [-0.39, 0.29) is 18.0 Å². The third-order valence-electron chi connectivity index (χ3n) is 4.83. The van der Waals surface area contributed by atoms with Crippen LogP contribution >= 0.6 is 11.3 Å². The minimum atomic E-state index is -0.231. The second-order valence-corrected chi connectivity index (χ2v) is 7.35. The van der Waals surface area contributed by atoms with Crippen LogP contribution in [-0.2, 0) is 0 Å². The number of aliphatic hydroxyl groups excluding tert-OH is 1. The highest BCUT2D eigenvalue weighted by Gasteiger charge is 2.35. The molecule has 25 heavy (non-hydrogen) atoms. The number of nitrogens with one attached hydrogen (secondary N) is 1. The van der Waals surface area contributed by atoms with Gasteiger partial charge in [0, 0.05) is 18.4 Å². The maximum absolute atomic E-state index is 10.7. The number of aromatic hydroxyl groups is 1. The van der Waals surface area contributed by atoms with Gasteiger partial charge in [0.1, 0.15) is 17.0 Å². The first kappa shape index (κ1) is 16.3. The average Bonchev–Trinajstić information content (AvgIpc) is 3.21. The van der Waals surface area contributed by atoms with Gasteiger partial charge in [0.15, 0.2) is 6.04 Å². The first-order valence-electron chi connectivity index (χ1n) is 8.35. The maximum Gasteiger partial charge on any atom is 0.235 e. The maximum atomic E-state index is 10.7. The highest BCUT2D eigenvalue weighted by atomic mass is 32.1. The number of likely N-dealkylation sites (tertiary alicyclic amines) is 1. The highest BCUT2D eigenvalue weighted by molar-refractivity contribution is 7.17. The second-order valence-electron chi connectivity index (χ2n) is 6.34. The fourth-order valence-corrected chi connectivity index (χ4v) is 4.65. The van der Waals surface area contributed by atoms with E-state index in [1.54, 1.807) is 7.11 Å². The van der Waals surface area contributed by atoms with Gasteiger partial charge in [0.2, 0.25) is 10.8 Å². The SMILES string of the molecule is COc1cccc([C@@H](c2sc3ncnn3c2O)[NH+]2CCC(O)CC2)c1. The molecule has 0 saturated carbocycles. The molecule has 4 rings (SSSR count). The summed E-state index contributed by atoms with van der Waals surface area (Å²) < 4.78 is 6.86. The third kappa shape index (κ3) is 2.97. The van der Waals surface area contributed by atoms with E-state index in [1.165, 1.54) is 27.1 Å². The number of hydrogen-bond donors (Lipinski definition) is 3. The van der Waals surface area contributed by atoms with Gasteiger partial charge in [0.05, 0.1) is 26.3 Å². The number of aliphatic hydroxyl groups is 1. The van der Waals surface area contributed by atoms with E-state index in [9.17, 15) is 10.2 Å². The predicted octanol–water partition coefficient (Wildman–Crippen LogP) is 0.634. The molecule has 7 nitrogen and oxygen atoms in total. The molecule has 0 unspecified atom stereocenters. The average molecular weight is 361 g/mol. The van der Waals surface area contributed by atoms with Gasteiger partial charge < -0.3 is 19.8 Å². The van der Waals surface area contributed by atoms with Crippen molar-refractivity contribution in [3.05, 3.63) is 41.0 Å². The summed E-state index contributed by atoms with van der Waals surface area (Å²) in [6.07, 6.45) is 2.74. The predicted molar refractivity (Wildman–Crippen MR) is 93.3 cm³/mol. The van der Waals surface area contributed by atoms with Gasteiger partial charge in [-0.05, 0) is 12.1 Å². The lowest BCUT2D eigenvalue weighted by Gasteiger charge is -2.33. The number of thiazole rings is 1. The summed E-state index contributed by atoms with van der Waals surface area (Å²) in [4.78, 5) is 7.04. The zero-order valence-corrected chi connectivity index (χ0v) is 14.7. The number of ether oxygens (including phenoxy) is 1. The number of hydrogen-bond acceptors (Lipinski definition) is 6. The van der Waals surface area contributed by atoms with Gasteiger partial charge in [0.25, 0.3) is 0 Å². The molecule has 0 bridgehead atoms. The Hall–Kier alpha value is -2.16. The molecule has 1 saturated heterocycles. The van der Waals surface area contributed by atoms with Crippen molar-refractivity contribution < 1.29 is 19.8 Å². The fraction of sp³-hybridized carbons (Fsp3) is 0.412. The number of fused-ring (bicyclic) bond motifs is 1. The minimum absolute atomic E-state index is 0.0453. The normalized spacial score (nSPS) is 22.2. The molecule has 1 aromatic carbocycles. The molecule has 3 aromatic rings. The molecular weight excluding hydrogens is 340 g/mol. The van der Waals surface area contributed by atoms with E-state index in [4.69, 9.17) is 4.74 Å². The molecule has 0 aliphatic carbocycles. The van der Waals surface area contributed by atoms with Crippen molar-refractivity contribution in [1.82, 2.24) is 14.6 Å². The number of quaternary nitrogens is 1. The van der Waals surface area contributed by atoms with Crippen LogP contribution in [0.25, 0.3) is 4.96 Å². The Morgan fingerprint density at radius 1 is 1.36 bits per heavy atom. The fourth-order valence-electron chi connectivity index (χ4n) is 3.54. The molecule has 132 valence electrons. The molecular formula is C17H21N4O3S+. The van der Waals surface area contributed by atoms with E-state index >= 15 is 0 Å². The number of aromatic nitrogens is 3. The monoisotopic (exact) mass is 361 g/mol. The molecule has 1 fully saturated rings. The first-order valence-corrected chi connectivity index (χ1v) is 9.17. The van der Waals surface area contributed by atoms with E-state index in [2.05, 4.69) is 16.1 Å². The molecule has 0 radical (unpaired) electrons. The number of nitrogens with zero attached hydrogens (tertiary/aromatic N) is 3. The van der Waals surface area contributed by atoms with E-state index in [1.807, 2.05) is 18.2 Å². The van der Waals surface area contributed by atoms with Crippen LogP contribution in [0.4, 0.5) is 0 Å². The van der Waals surface area contributed by atoms with Crippen molar-refractivity contribution in [2.45, 2.75) is 25.0 Å². The molecule has 3 heterocycles. The van der Waals surface area contributed by atoms with E-state index in [0.717, 1.165) is 42.1 Å². The molecule has 0 spiro atoms. The smallest absolute Gasteiger partial charge is 0.235 e.